The molecule has 126 valence electrons. The number of halogens is 3. The van der Waals surface area contributed by atoms with Crippen molar-refractivity contribution in [3.8, 4) is 0 Å². The molecule has 1 aromatic heterocycles. The first-order valence-corrected chi connectivity index (χ1v) is 7.91. The summed E-state index contributed by atoms with van der Waals surface area (Å²) in [6, 6.07) is 6.09. The Hall–Kier alpha value is -2.17. The number of rotatable bonds is 2. The van der Waals surface area contributed by atoms with Crippen LogP contribution in [-0.4, -0.2) is 10.8 Å². The van der Waals surface area contributed by atoms with E-state index in [0.29, 0.717) is 29.5 Å². The van der Waals surface area contributed by atoms with Crippen LogP contribution in [-0.2, 0) is 23.6 Å². The molecular weight excluding hydrogens is 315 g/mol. The molecule has 3 rings (SSSR count). The van der Waals surface area contributed by atoms with Crippen LogP contribution in [0.5, 0.6) is 0 Å². The quantitative estimate of drug-likeness (QED) is 0.758. The van der Waals surface area contributed by atoms with Crippen LogP contribution in [0.25, 0.3) is 0 Å². The number of carbonyl (C=O) groups excluding carboxylic acids is 1. The van der Waals surface area contributed by atoms with E-state index >= 15 is 0 Å². The lowest BCUT2D eigenvalue weighted by Crippen LogP contribution is -2.17. The fraction of sp³-hybridized carbons (Fsp3) is 0.368. The molecule has 1 unspecified atom stereocenters. The lowest BCUT2D eigenvalue weighted by Gasteiger charge is -2.18. The Morgan fingerprint density at radius 2 is 2.04 bits per heavy atom. The monoisotopic (exact) mass is 333 g/mol. The van der Waals surface area contributed by atoms with Gasteiger partial charge in [-0.3, -0.25) is 9.78 Å². The molecular formula is C19H18F3NO. The number of nitrogens with zero attached hydrogens (tertiary/aromatic N) is 1. The first-order valence-electron chi connectivity index (χ1n) is 7.91. The third kappa shape index (κ3) is 3.07. The lowest BCUT2D eigenvalue weighted by atomic mass is 9.89. The summed E-state index contributed by atoms with van der Waals surface area (Å²) in [4.78, 5) is 16.6. The predicted molar refractivity (Wildman–Crippen MR) is 84.7 cm³/mol. The number of ketones is 1. The van der Waals surface area contributed by atoms with Crippen molar-refractivity contribution in [2.75, 3.05) is 0 Å². The van der Waals surface area contributed by atoms with Gasteiger partial charge in [0.15, 0.2) is 0 Å². The van der Waals surface area contributed by atoms with E-state index in [-0.39, 0.29) is 29.3 Å². The van der Waals surface area contributed by atoms with Gasteiger partial charge in [0.25, 0.3) is 5.92 Å². The fourth-order valence-corrected chi connectivity index (χ4v) is 3.35. The van der Waals surface area contributed by atoms with Crippen molar-refractivity contribution >= 4 is 5.78 Å². The number of hydrogen-bond acceptors (Lipinski definition) is 2. The molecule has 0 fully saturated rings. The van der Waals surface area contributed by atoms with Crippen molar-refractivity contribution in [2.45, 2.75) is 45.0 Å². The maximum absolute atomic E-state index is 14.0. The second kappa shape index (κ2) is 6.04. The maximum atomic E-state index is 14.0. The van der Waals surface area contributed by atoms with Crippen LogP contribution in [0, 0.1) is 12.7 Å². The molecule has 0 bridgehead atoms. The number of Topliss-reactive ketones (excluding diaryl/α,β-unsaturated/α-hetero) is 1. The minimum Gasteiger partial charge on any atom is -0.299 e. The first-order chi connectivity index (χ1) is 11.3. The molecule has 2 aromatic rings. The second-order valence-electron chi connectivity index (χ2n) is 6.40. The number of aryl methyl sites for hydroxylation is 1. The van der Waals surface area contributed by atoms with Crippen LogP contribution in [0.15, 0.2) is 30.5 Å². The van der Waals surface area contributed by atoms with Crippen molar-refractivity contribution in [2.24, 2.45) is 0 Å². The summed E-state index contributed by atoms with van der Waals surface area (Å²) in [7, 11) is 0. The van der Waals surface area contributed by atoms with Crippen LogP contribution in [0.2, 0.25) is 0 Å². The van der Waals surface area contributed by atoms with Crippen LogP contribution >= 0.6 is 0 Å². The Bertz CT molecular complexity index is 796. The summed E-state index contributed by atoms with van der Waals surface area (Å²) >= 11 is 0. The summed E-state index contributed by atoms with van der Waals surface area (Å²) in [6.45, 7) is 2.34. The zero-order valence-electron chi connectivity index (χ0n) is 13.6. The summed E-state index contributed by atoms with van der Waals surface area (Å²) in [6.07, 6.45) is 2.40. The molecule has 24 heavy (non-hydrogen) atoms. The molecule has 1 heterocycles. The molecule has 0 amide bonds. The smallest absolute Gasteiger partial charge is 0.272 e. The van der Waals surface area contributed by atoms with E-state index < -0.39 is 11.8 Å². The first kappa shape index (κ1) is 16.7. The van der Waals surface area contributed by atoms with Gasteiger partial charge >= 0.3 is 0 Å². The highest BCUT2D eigenvalue weighted by molar-refractivity contribution is 5.88. The van der Waals surface area contributed by atoms with Gasteiger partial charge in [-0.15, -0.1) is 0 Å². The van der Waals surface area contributed by atoms with Gasteiger partial charge in [0.1, 0.15) is 11.6 Å². The minimum atomic E-state index is -3.02. The Kier molecular flexibility index (Phi) is 4.20. The highest BCUT2D eigenvalue weighted by Crippen LogP contribution is 2.34. The molecule has 1 aromatic carbocycles. The van der Waals surface area contributed by atoms with Gasteiger partial charge < -0.3 is 0 Å². The van der Waals surface area contributed by atoms with Crippen LogP contribution in [0.1, 0.15) is 47.2 Å². The van der Waals surface area contributed by atoms with Crippen molar-refractivity contribution < 1.29 is 18.0 Å². The standard InChI is InChI=1S/C19H18F3NO/c1-11-16(19(2,21)22)8-13(10-23-11)15-7-6-14-12(9-18(15)24)4-3-5-17(14)20/h3-5,8,10,15H,6-7,9H2,1-2H3. The number of pyridine rings is 1. The van der Waals surface area contributed by atoms with E-state index in [1.807, 2.05) is 0 Å². The summed E-state index contributed by atoms with van der Waals surface area (Å²) in [5.74, 6) is -3.96. The molecule has 1 aliphatic rings. The number of aromatic nitrogens is 1. The Morgan fingerprint density at radius 1 is 1.29 bits per heavy atom. The van der Waals surface area contributed by atoms with Gasteiger partial charge in [-0.1, -0.05) is 12.1 Å². The van der Waals surface area contributed by atoms with Crippen molar-refractivity contribution in [1.29, 1.82) is 0 Å². The molecule has 0 saturated heterocycles. The SMILES string of the molecule is Cc1ncc(C2CCc3c(F)cccc3CC2=O)cc1C(C)(F)F. The van der Waals surface area contributed by atoms with Gasteiger partial charge in [0.2, 0.25) is 0 Å². The highest BCUT2D eigenvalue weighted by atomic mass is 19.3. The number of benzene rings is 1. The lowest BCUT2D eigenvalue weighted by molar-refractivity contribution is -0.119. The largest absolute Gasteiger partial charge is 0.299 e. The average Bonchev–Trinajstić information content (AvgIpc) is 2.66. The van der Waals surface area contributed by atoms with E-state index in [2.05, 4.69) is 4.98 Å². The molecule has 0 saturated carbocycles. The minimum absolute atomic E-state index is 0.0876. The highest BCUT2D eigenvalue weighted by Gasteiger charge is 2.31. The van der Waals surface area contributed by atoms with Gasteiger partial charge in [-0.25, -0.2) is 13.2 Å². The third-order valence-electron chi connectivity index (χ3n) is 4.64. The van der Waals surface area contributed by atoms with Crippen LogP contribution in [0.3, 0.4) is 0 Å². The summed E-state index contributed by atoms with van der Waals surface area (Å²) in [5, 5.41) is 0. The van der Waals surface area contributed by atoms with E-state index in [1.165, 1.54) is 25.3 Å². The van der Waals surface area contributed by atoms with Gasteiger partial charge in [0, 0.05) is 36.7 Å². The topological polar surface area (TPSA) is 30.0 Å². The van der Waals surface area contributed by atoms with E-state index in [9.17, 15) is 18.0 Å². The van der Waals surface area contributed by atoms with Gasteiger partial charge in [-0.05, 0) is 48.6 Å². The number of alkyl halides is 2. The molecule has 5 heteroatoms. The molecule has 0 aliphatic heterocycles. The molecule has 0 radical (unpaired) electrons. The fourth-order valence-electron chi connectivity index (χ4n) is 3.35. The molecule has 1 atom stereocenters. The Balaban J connectivity index is 1.97. The van der Waals surface area contributed by atoms with Crippen LogP contribution in [0.4, 0.5) is 13.2 Å². The molecule has 0 N–H and O–H groups in total. The van der Waals surface area contributed by atoms with Crippen molar-refractivity contribution in [1.82, 2.24) is 4.98 Å². The van der Waals surface area contributed by atoms with Crippen molar-refractivity contribution in [3.63, 3.8) is 0 Å². The molecule has 0 spiro atoms. The van der Waals surface area contributed by atoms with E-state index in [0.717, 1.165) is 6.92 Å². The summed E-state index contributed by atoms with van der Waals surface area (Å²) in [5.41, 5.74) is 1.80. The Labute approximate surface area is 138 Å². The molecule has 1 aliphatic carbocycles. The zero-order valence-corrected chi connectivity index (χ0v) is 13.6. The van der Waals surface area contributed by atoms with Crippen molar-refractivity contribution in [3.05, 3.63) is 64.2 Å². The number of hydrogen-bond donors (Lipinski definition) is 0. The second-order valence-corrected chi connectivity index (χ2v) is 6.40. The van der Waals surface area contributed by atoms with E-state index in [1.54, 1.807) is 12.1 Å². The predicted octanol–water partition coefficient (Wildman–Crippen LogP) is 4.48. The van der Waals surface area contributed by atoms with E-state index in [4.69, 9.17) is 0 Å². The number of fused-ring (bicyclic) bond motifs is 1. The molecule has 2 nitrogen and oxygen atoms in total. The van der Waals surface area contributed by atoms with Crippen LogP contribution < -0.4 is 0 Å². The Morgan fingerprint density at radius 3 is 2.75 bits per heavy atom. The van der Waals surface area contributed by atoms with Gasteiger partial charge in [-0.2, -0.15) is 0 Å². The zero-order chi connectivity index (χ0) is 17.5. The normalized spacial score (nSPS) is 18.2. The van der Waals surface area contributed by atoms with Gasteiger partial charge in [0.05, 0.1) is 0 Å². The third-order valence-corrected chi connectivity index (χ3v) is 4.64. The maximum Gasteiger partial charge on any atom is 0.272 e. The number of carbonyl (C=O) groups is 1. The summed E-state index contributed by atoms with van der Waals surface area (Å²) < 4.78 is 41.4. The average molecular weight is 333 g/mol.